The zero-order valence-corrected chi connectivity index (χ0v) is 17.1. The number of benzene rings is 1. The first-order chi connectivity index (χ1) is 13.7. The maximum Gasteiger partial charge on any atom is 0.410 e. The molecule has 1 aromatic carbocycles. The van der Waals surface area contributed by atoms with E-state index in [2.05, 4.69) is 4.98 Å². The summed E-state index contributed by atoms with van der Waals surface area (Å²) >= 11 is 0. The first-order valence-corrected chi connectivity index (χ1v) is 9.98. The molecule has 8 nitrogen and oxygen atoms in total. The fourth-order valence-electron chi connectivity index (χ4n) is 4.15. The van der Waals surface area contributed by atoms with E-state index in [-0.39, 0.29) is 29.0 Å². The molecule has 2 saturated heterocycles. The molecule has 8 heteroatoms. The topological polar surface area (TPSA) is 93.9 Å². The lowest BCUT2D eigenvalue weighted by Gasteiger charge is -2.39. The van der Waals surface area contributed by atoms with Crippen LogP contribution in [-0.2, 0) is 9.47 Å². The average molecular weight is 401 g/mol. The van der Waals surface area contributed by atoms with Crippen molar-refractivity contribution in [3.05, 3.63) is 34.9 Å². The number of fused-ring (bicyclic) bond motifs is 1. The van der Waals surface area contributed by atoms with Crippen LogP contribution in [0, 0.1) is 0 Å². The number of phenolic OH excluding ortho intramolecular Hbond substituents is 1. The van der Waals surface area contributed by atoms with Crippen LogP contribution in [0.5, 0.6) is 5.75 Å². The summed E-state index contributed by atoms with van der Waals surface area (Å²) in [6.07, 6.45) is 3.38. The summed E-state index contributed by atoms with van der Waals surface area (Å²) in [6.45, 7) is 7.14. The standard InChI is InChI=1S/C21H27N3O5/c1-20(2,3)29-19(27)23-8-6-21(7-9-23)11-14(12-28-21)24-13-22-17-5-4-15(25)10-16(17)18(24)26/h4-5,10,13-14,25H,6-9,11-12H2,1-3H3. The molecule has 2 aliphatic rings. The number of aromatic nitrogens is 2. The van der Waals surface area contributed by atoms with Gasteiger partial charge in [-0.3, -0.25) is 9.36 Å². The number of carbonyl (C=O) groups is 1. The minimum Gasteiger partial charge on any atom is -0.508 e. The molecular weight excluding hydrogens is 374 g/mol. The molecule has 1 amide bonds. The van der Waals surface area contributed by atoms with Crippen molar-refractivity contribution in [1.29, 1.82) is 0 Å². The number of amides is 1. The van der Waals surface area contributed by atoms with Crippen LogP contribution in [0.1, 0.15) is 46.1 Å². The number of rotatable bonds is 1. The Morgan fingerprint density at radius 2 is 2.03 bits per heavy atom. The molecule has 3 heterocycles. The average Bonchev–Trinajstić information content (AvgIpc) is 3.05. The summed E-state index contributed by atoms with van der Waals surface area (Å²) in [4.78, 5) is 31.3. The Morgan fingerprint density at radius 3 is 2.72 bits per heavy atom. The van der Waals surface area contributed by atoms with E-state index in [1.807, 2.05) is 20.8 Å². The van der Waals surface area contributed by atoms with Crippen LogP contribution >= 0.6 is 0 Å². The summed E-state index contributed by atoms with van der Waals surface area (Å²) in [5, 5.41) is 10.1. The molecule has 29 heavy (non-hydrogen) atoms. The second-order valence-electron chi connectivity index (χ2n) is 8.98. The Balaban J connectivity index is 1.46. The molecule has 2 aliphatic heterocycles. The van der Waals surface area contributed by atoms with Crippen molar-refractivity contribution in [2.75, 3.05) is 19.7 Å². The molecule has 0 saturated carbocycles. The Labute approximate surface area is 169 Å². The van der Waals surface area contributed by atoms with E-state index in [0.29, 0.717) is 49.9 Å². The Bertz CT molecular complexity index is 986. The zero-order chi connectivity index (χ0) is 20.8. The number of ether oxygens (including phenoxy) is 2. The van der Waals surface area contributed by atoms with Crippen LogP contribution in [0.2, 0.25) is 0 Å². The number of likely N-dealkylation sites (tertiary alicyclic amines) is 1. The van der Waals surface area contributed by atoms with Crippen LogP contribution in [0.4, 0.5) is 4.79 Å². The molecule has 156 valence electrons. The molecule has 4 rings (SSSR count). The molecule has 0 bridgehead atoms. The highest BCUT2D eigenvalue weighted by atomic mass is 16.6. The molecular formula is C21H27N3O5. The van der Waals surface area contributed by atoms with Crippen LogP contribution < -0.4 is 5.56 Å². The van der Waals surface area contributed by atoms with Gasteiger partial charge in [0.25, 0.3) is 5.56 Å². The molecule has 1 spiro atoms. The number of nitrogens with zero attached hydrogens (tertiary/aromatic N) is 3. The predicted octanol–water partition coefficient (Wildman–Crippen LogP) is 2.83. The maximum atomic E-state index is 12.9. The molecule has 1 aromatic heterocycles. The van der Waals surface area contributed by atoms with Crippen molar-refractivity contribution in [1.82, 2.24) is 14.5 Å². The van der Waals surface area contributed by atoms with Crippen molar-refractivity contribution < 1.29 is 19.4 Å². The highest BCUT2D eigenvalue weighted by molar-refractivity contribution is 5.78. The lowest BCUT2D eigenvalue weighted by Crippen LogP contribution is -2.48. The molecule has 0 aliphatic carbocycles. The lowest BCUT2D eigenvalue weighted by atomic mass is 9.87. The maximum absolute atomic E-state index is 12.9. The van der Waals surface area contributed by atoms with Crippen molar-refractivity contribution in [2.45, 2.75) is 57.3 Å². The van der Waals surface area contributed by atoms with Gasteiger partial charge in [0, 0.05) is 13.1 Å². The Kier molecular flexibility index (Phi) is 4.77. The lowest BCUT2D eigenvalue weighted by molar-refractivity contribution is -0.0486. The third kappa shape index (κ3) is 3.94. The van der Waals surface area contributed by atoms with Gasteiger partial charge in [-0.05, 0) is 58.2 Å². The van der Waals surface area contributed by atoms with Gasteiger partial charge in [-0.2, -0.15) is 0 Å². The van der Waals surface area contributed by atoms with E-state index >= 15 is 0 Å². The third-order valence-corrected chi connectivity index (χ3v) is 5.68. The monoisotopic (exact) mass is 401 g/mol. The van der Waals surface area contributed by atoms with Gasteiger partial charge in [0.1, 0.15) is 11.4 Å². The van der Waals surface area contributed by atoms with E-state index in [4.69, 9.17) is 9.47 Å². The predicted molar refractivity (Wildman–Crippen MR) is 107 cm³/mol. The van der Waals surface area contributed by atoms with Crippen LogP contribution in [0.25, 0.3) is 10.9 Å². The SMILES string of the molecule is CC(C)(C)OC(=O)N1CCC2(CC1)CC(n1cnc3ccc(O)cc3c1=O)CO2. The van der Waals surface area contributed by atoms with E-state index in [0.717, 1.165) is 0 Å². The minimum absolute atomic E-state index is 0.0443. The van der Waals surface area contributed by atoms with E-state index in [9.17, 15) is 14.7 Å². The van der Waals surface area contributed by atoms with Crippen LogP contribution in [0.15, 0.2) is 29.3 Å². The first kappa shape index (κ1) is 19.7. The number of aromatic hydroxyl groups is 1. The van der Waals surface area contributed by atoms with Crippen molar-refractivity contribution in [3.8, 4) is 5.75 Å². The molecule has 1 unspecified atom stereocenters. The normalized spacial score (nSPS) is 21.6. The molecule has 1 N–H and O–H groups in total. The Hall–Kier alpha value is -2.61. The highest BCUT2D eigenvalue weighted by Crippen LogP contribution is 2.40. The summed E-state index contributed by atoms with van der Waals surface area (Å²) in [7, 11) is 0. The van der Waals surface area contributed by atoms with E-state index in [1.54, 1.807) is 21.9 Å². The van der Waals surface area contributed by atoms with Gasteiger partial charge in [-0.25, -0.2) is 9.78 Å². The van der Waals surface area contributed by atoms with Gasteiger partial charge in [-0.1, -0.05) is 0 Å². The van der Waals surface area contributed by atoms with Crippen LogP contribution in [-0.4, -0.2) is 56.5 Å². The number of hydrogen-bond donors (Lipinski definition) is 1. The quantitative estimate of drug-likeness (QED) is 0.790. The summed E-state index contributed by atoms with van der Waals surface area (Å²) in [5.74, 6) is 0.0443. The summed E-state index contributed by atoms with van der Waals surface area (Å²) < 4.78 is 13.2. The number of piperidine rings is 1. The minimum atomic E-state index is -0.514. The van der Waals surface area contributed by atoms with E-state index < -0.39 is 5.60 Å². The smallest absolute Gasteiger partial charge is 0.410 e. The van der Waals surface area contributed by atoms with Gasteiger partial charge in [0.2, 0.25) is 0 Å². The number of hydrogen-bond acceptors (Lipinski definition) is 6. The van der Waals surface area contributed by atoms with Gasteiger partial charge >= 0.3 is 6.09 Å². The molecule has 0 radical (unpaired) electrons. The van der Waals surface area contributed by atoms with Crippen molar-refractivity contribution in [2.24, 2.45) is 0 Å². The largest absolute Gasteiger partial charge is 0.508 e. The number of phenols is 1. The third-order valence-electron chi connectivity index (χ3n) is 5.68. The molecule has 2 fully saturated rings. The highest BCUT2D eigenvalue weighted by Gasteiger charge is 2.44. The second kappa shape index (κ2) is 7.02. The van der Waals surface area contributed by atoms with E-state index in [1.165, 1.54) is 12.1 Å². The number of carbonyl (C=O) groups excluding carboxylic acids is 1. The van der Waals surface area contributed by atoms with Gasteiger partial charge < -0.3 is 19.5 Å². The van der Waals surface area contributed by atoms with Crippen molar-refractivity contribution in [3.63, 3.8) is 0 Å². The fraction of sp³-hybridized carbons (Fsp3) is 0.571. The fourth-order valence-corrected chi connectivity index (χ4v) is 4.15. The van der Waals surface area contributed by atoms with Gasteiger partial charge in [0.05, 0.1) is 35.5 Å². The summed E-state index contributed by atoms with van der Waals surface area (Å²) in [5.41, 5.74) is -0.470. The Morgan fingerprint density at radius 1 is 1.31 bits per heavy atom. The molecule has 2 aromatic rings. The first-order valence-electron chi connectivity index (χ1n) is 9.98. The van der Waals surface area contributed by atoms with Gasteiger partial charge in [-0.15, -0.1) is 0 Å². The summed E-state index contributed by atoms with van der Waals surface area (Å²) in [6, 6.07) is 4.49. The zero-order valence-electron chi connectivity index (χ0n) is 17.1. The van der Waals surface area contributed by atoms with Gasteiger partial charge in [0.15, 0.2) is 0 Å². The van der Waals surface area contributed by atoms with Crippen molar-refractivity contribution >= 4 is 17.0 Å². The molecule has 1 atom stereocenters. The second-order valence-corrected chi connectivity index (χ2v) is 8.98. The van der Waals surface area contributed by atoms with Crippen LogP contribution in [0.3, 0.4) is 0 Å².